The number of benzene rings is 1. The number of sulfone groups is 1. The van der Waals surface area contributed by atoms with Crippen LogP contribution >= 0.6 is 34.7 Å². The molecule has 9 heteroatoms. The Morgan fingerprint density at radius 2 is 2.32 bits per heavy atom. The van der Waals surface area contributed by atoms with Gasteiger partial charge in [-0.3, -0.25) is 4.79 Å². The normalized spacial score (nSPS) is 20.3. The number of thiazole rings is 1. The lowest BCUT2D eigenvalue weighted by atomic mass is 10.3. The molecule has 1 saturated heterocycles. The summed E-state index contributed by atoms with van der Waals surface area (Å²) in [7, 11) is -2.90. The van der Waals surface area contributed by atoms with Gasteiger partial charge in [-0.05, 0) is 24.6 Å². The predicted octanol–water partition coefficient (Wildman–Crippen LogP) is 2.81. The SMILES string of the molecule is O=C(CS[C@@H]1CCS(=O)(=O)C1)Nc1nc2ccc(Cl)cc2s1. The van der Waals surface area contributed by atoms with Gasteiger partial charge >= 0.3 is 0 Å². The molecule has 0 radical (unpaired) electrons. The summed E-state index contributed by atoms with van der Waals surface area (Å²) >= 11 is 8.67. The monoisotopic (exact) mass is 376 g/mol. The molecular formula is C13H13ClN2O3S3. The zero-order valence-corrected chi connectivity index (χ0v) is 14.6. The third kappa shape index (κ3) is 3.92. The van der Waals surface area contributed by atoms with Crippen LogP contribution in [0.1, 0.15) is 6.42 Å². The molecule has 1 N–H and O–H groups in total. The summed E-state index contributed by atoms with van der Waals surface area (Å²) in [5.74, 6) is 0.464. The van der Waals surface area contributed by atoms with Crippen molar-refractivity contribution in [3.8, 4) is 0 Å². The van der Waals surface area contributed by atoms with Crippen LogP contribution < -0.4 is 5.32 Å². The van der Waals surface area contributed by atoms with Gasteiger partial charge in [0.15, 0.2) is 15.0 Å². The first kappa shape index (κ1) is 16.0. The van der Waals surface area contributed by atoms with Gasteiger partial charge in [0.1, 0.15) is 0 Å². The van der Waals surface area contributed by atoms with Crippen LogP contribution in [0.4, 0.5) is 5.13 Å². The molecule has 1 aliphatic heterocycles. The summed E-state index contributed by atoms with van der Waals surface area (Å²) in [6.07, 6.45) is 0.625. The van der Waals surface area contributed by atoms with Crippen molar-refractivity contribution >= 4 is 65.8 Å². The number of carbonyl (C=O) groups excluding carboxylic acids is 1. The third-order valence-electron chi connectivity index (χ3n) is 3.24. The molecule has 1 aromatic carbocycles. The van der Waals surface area contributed by atoms with Crippen LogP contribution in [0.3, 0.4) is 0 Å². The summed E-state index contributed by atoms with van der Waals surface area (Å²) in [5, 5.41) is 3.93. The number of amides is 1. The van der Waals surface area contributed by atoms with Gasteiger partial charge in [0.05, 0.1) is 27.5 Å². The summed E-state index contributed by atoms with van der Waals surface area (Å²) < 4.78 is 23.7. The van der Waals surface area contributed by atoms with Gasteiger partial charge < -0.3 is 5.32 Å². The van der Waals surface area contributed by atoms with E-state index in [0.717, 1.165) is 10.2 Å². The van der Waals surface area contributed by atoms with Crippen LogP contribution in [0.25, 0.3) is 10.2 Å². The summed E-state index contributed by atoms with van der Waals surface area (Å²) in [6.45, 7) is 0. The first-order valence-corrected chi connectivity index (χ1v) is 10.7. The molecule has 0 bridgehead atoms. The Hall–Kier alpha value is -0.830. The minimum absolute atomic E-state index is 0.0184. The van der Waals surface area contributed by atoms with E-state index >= 15 is 0 Å². The fourth-order valence-corrected chi connectivity index (χ4v) is 6.79. The third-order valence-corrected chi connectivity index (χ3v) is 7.69. The zero-order chi connectivity index (χ0) is 15.7. The highest BCUT2D eigenvalue weighted by molar-refractivity contribution is 8.02. The molecule has 0 unspecified atom stereocenters. The molecular weight excluding hydrogens is 364 g/mol. The van der Waals surface area contributed by atoms with Crippen molar-refractivity contribution in [3.63, 3.8) is 0 Å². The highest BCUT2D eigenvalue weighted by Crippen LogP contribution is 2.29. The van der Waals surface area contributed by atoms with E-state index < -0.39 is 9.84 Å². The molecule has 1 amide bonds. The quantitative estimate of drug-likeness (QED) is 0.887. The minimum atomic E-state index is -2.90. The van der Waals surface area contributed by atoms with Gasteiger partial charge in [-0.15, -0.1) is 11.8 Å². The molecule has 1 fully saturated rings. The maximum Gasteiger partial charge on any atom is 0.236 e. The lowest BCUT2D eigenvalue weighted by Gasteiger charge is -2.06. The first-order chi connectivity index (χ1) is 10.4. The van der Waals surface area contributed by atoms with Crippen molar-refractivity contribution in [2.24, 2.45) is 0 Å². The minimum Gasteiger partial charge on any atom is -0.301 e. The number of anilines is 1. The molecule has 0 spiro atoms. The molecule has 1 aliphatic rings. The molecule has 3 rings (SSSR count). The van der Waals surface area contributed by atoms with Crippen molar-refractivity contribution in [2.45, 2.75) is 11.7 Å². The molecule has 1 atom stereocenters. The molecule has 0 aliphatic carbocycles. The number of thioether (sulfide) groups is 1. The molecule has 22 heavy (non-hydrogen) atoms. The fourth-order valence-electron chi connectivity index (χ4n) is 2.19. The van der Waals surface area contributed by atoms with Crippen LogP contribution in [0.2, 0.25) is 5.02 Å². The molecule has 2 heterocycles. The van der Waals surface area contributed by atoms with E-state index in [2.05, 4.69) is 10.3 Å². The second-order valence-corrected chi connectivity index (χ2v) is 10.00. The van der Waals surface area contributed by atoms with Gasteiger partial charge in [-0.25, -0.2) is 13.4 Å². The maximum absolute atomic E-state index is 11.9. The van der Waals surface area contributed by atoms with Gasteiger partial charge in [0.25, 0.3) is 0 Å². The van der Waals surface area contributed by atoms with Crippen LogP contribution in [-0.4, -0.2) is 41.8 Å². The number of fused-ring (bicyclic) bond motifs is 1. The van der Waals surface area contributed by atoms with E-state index in [-0.39, 0.29) is 28.4 Å². The average molecular weight is 377 g/mol. The van der Waals surface area contributed by atoms with Gasteiger partial charge in [-0.1, -0.05) is 22.9 Å². The predicted molar refractivity (Wildman–Crippen MR) is 92.8 cm³/mol. The zero-order valence-electron chi connectivity index (χ0n) is 11.4. The lowest BCUT2D eigenvalue weighted by Crippen LogP contribution is -2.17. The summed E-state index contributed by atoms with van der Waals surface area (Å²) in [6, 6.07) is 5.37. The Morgan fingerprint density at radius 1 is 1.50 bits per heavy atom. The number of aromatic nitrogens is 1. The van der Waals surface area contributed by atoms with Crippen LogP contribution in [-0.2, 0) is 14.6 Å². The van der Waals surface area contributed by atoms with Gasteiger partial charge in [0, 0.05) is 10.3 Å². The van der Waals surface area contributed by atoms with Crippen molar-refractivity contribution in [1.82, 2.24) is 4.98 Å². The first-order valence-electron chi connectivity index (χ1n) is 6.59. The number of nitrogens with zero attached hydrogens (tertiary/aromatic N) is 1. The van der Waals surface area contributed by atoms with E-state index in [0.29, 0.717) is 16.6 Å². The van der Waals surface area contributed by atoms with E-state index in [1.165, 1.54) is 23.1 Å². The Bertz CT molecular complexity index is 819. The van der Waals surface area contributed by atoms with Crippen molar-refractivity contribution in [1.29, 1.82) is 0 Å². The van der Waals surface area contributed by atoms with E-state index in [4.69, 9.17) is 11.6 Å². The number of carbonyl (C=O) groups is 1. The fraction of sp³-hybridized carbons (Fsp3) is 0.385. The molecule has 118 valence electrons. The van der Waals surface area contributed by atoms with E-state index in [1.807, 2.05) is 12.1 Å². The highest BCUT2D eigenvalue weighted by Gasteiger charge is 2.28. The maximum atomic E-state index is 11.9. The molecule has 2 aromatic rings. The largest absolute Gasteiger partial charge is 0.301 e. The van der Waals surface area contributed by atoms with Crippen molar-refractivity contribution < 1.29 is 13.2 Å². The van der Waals surface area contributed by atoms with Crippen LogP contribution in [0.5, 0.6) is 0 Å². The molecule has 1 aromatic heterocycles. The van der Waals surface area contributed by atoms with E-state index in [1.54, 1.807) is 6.07 Å². The Morgan fingerprint density at radius 3 is 3.05 bits per heavy atom. The number of hydrogen-bond acceptors (Lipinski definition) is 6. The Labute approximate surface area is 141 Å². The number of halogens is 1. The number of hydrogen-bond donors (Lipinski definition) is 1. The topological polar surface area (TPSA) is 76.1 Å². The van der Waals surface area contributed by atoms with E-state index in [9.17, 15) is 13.2 Å². The second kappa shape index (κ2) is 6.35. The van der Waals surface area contributed by atoms with Gasteiger partial charge in [-0.2, -0.15) is 0 Å². The highest BCUT2D eigenvalue weighted by atomic mass is 35.5. The van der Waals surface area contributed by atoms with Crippen LogP contribution in [0, 0.1) is 0 Å². The van der Waals surface area contributed by atoms with Gasteiger partial charge in [0.2, 0.25) is 5.91 Å². The van der Waals surface area contributed by atoms with Crippen molar-refractivity contribution in [3.05, 3.63) is 23.2 Å². The lowest BCUT2D eigenvalue weighted by molar-refractivity contribution is -0.113. The number of rotatable bonds is 4. The smallest absolute Gasteiger partial charge is 0.236 e. The molecule has 5 nitrogen and oxygen atoms in total. The molecule has 0 saturated carbocycles. The summed E-state index contributed by atoms with van der Waals surface area (Å²) in [4.78, 5) is 16.3. The Balaban J connectivity index is 1.57. The average Bonchev–Trinajstić information content (AvgIpc) is 2.98. The van der Waals surface area contributed by atoms with Crippen molar-refractivity contribution in [2.75, 3.05) is 22.6 Å². The second-order valence-electron chi connectivity index (χ2n) is 5.02. The number of nitrogens with one attached hydrogen (secondary N) is 1. The Kier molecular flexibility index (Phi) is 4.63. The standard InChI is InChI=1S/C13H13ClN2O3S3/c14-8-1-2-10-11(5-8)21-13(15-10)16-12(17)6-20-9-3-4-22(18,19)7-9/h1-2,5,9H,3-4,6-7H2,(H,15,16,17)/t9-/m1/s1. The van der Waals surface area contributed by atoms with Crippen LogP contribution in [0.15, 0.2) is 18.2 Å². The summed E-state index contributed by atoms with van der Waals surface area (Å²) in [5.41, 5.74) is 0.791.